The zero-order valence-corrected chi connectivity index (χ0v) is 10.8. The average Bonchev–Trinajstić information content (AvgIpc) is 2.49. The van der Waals surface area contributed by atoms with E-state index in [-0.39, 0.29) is 11.4 Å². The highest BCUT2D eigenvalue weighted by Crippen LogP contribution is 2.25. The van der Waals surface area contributed by atoms with Gasteiger partial charge in [-0.2, -0.15) is 10.5 Å². The standard InChI is InChI=1S/C16H10FN3/c1-20-16-7-4-12(13(9-18)10-19)8-15(16)11-2-5-14(17)6-3-11/h2-8H,1H3/b20-16-. The number of rotatable bonds is 1. The molecule has 4 heteroatoms. The van der Waals surface area contributed by atoms with E-state index in [0.29, 0.717) is 5.57 Å². The third-order valence-electron chi connectivity index (χ3n) is 2.90. The highest BCUT2D eigenvalue weighted by molar-refractivity contribution is 6.30. The first kappa shape index (κ1) is 13.5. The Morgan fingerprint density at radius 3 is 2.30 bits per heavy atom. The van der Waals surface area contributed by atoms with Crippen LogP contribution in [0.4, 0.5) is 4.39 Å². The third-order valence-corrected chi connectivity index (χ3v) is 2.90. The van der Waals surface area contributed by atoms with Crippen LogP contribution in [-0.4, -0.2) is 12.8 Å². The summed E-state index contributed by atoms with van der Waals surface area (Å²) in [5.41, 5.74) is 2.82. The van der Waals surface area contributed by atoms with Crippen LogP contribution in [0.15, 0.2) is 58.6 Å². The second kappa shape index (κ2) is 5.77. The molecule has 0 unspecified atom stereocenters. The Morgan fingerprint density at radius 1 is 1.10 bits per heavy atom. The minimum Gasteiger partial charge on any atom is -0.288 e. The molecule has 0 fully saturated rings. The van der Waals surface area contributed by atoms with Crippen LogP contribution in [0, 0.1) is 28.5 Å². The summed E-state index contributed by atoms with van der Waals surface area (Å²) in [7, 11) is 1.65. The Hall–Kier alpha value is -2.98. The van der Waals surface area contributed by atoms with Crippen LogP contribution in [0.25, 0.3) is 5.57 Å². The summed E-state index contributed by atoms with van der Waals surface area (Å²) in [6, 6.07) is 9.72. The molecule has 20 heavy (non-hydrogen) atoms. The van der Waals surface area contributed by atoms with E-state index in [0.717, 1.165) is 16.8 Å². The largest absolute Gasteiger partial charge is 0.288 e. The van der Waals surface area contributed by atoms with Gasteiger partial charge in [0, 0.05) is 18.2 Å². The van der Waals surface area contributed by atoms with Crippen LogP contribution >= 0.6 is 0 Å². The van der Waals surface area contributed by atoms with E-state index in [1.54, 1.807) is 37.4 Å². The Labute approximate surface area is 116 Å². The van der Waals surface area contributed by atoms with Crippen LogP contribution < -0.4 is 0 Å². The molecule has 0 bridgehead atoms. The first-order valence-corrected chi connectivity index (χ1v) is 5.87. The smallest absolute Gasteiger partial charge is 0.136 e. The van der Waals surface area contributed by atoms with Gasteiger partial charge in [0.2, 0.25) is 0 Å². The van der Waals surface area contributed by atoms with E-state index in [1.165, 1.54) is 12.1 Å². The van der Waals surface area contributed by atoms with Crippen molar-refractivity contribution < 1.29 is 4.39 Å². The molecule has 2 rings (SSSR count). The number of aliphatic imine (C=N–C) groups is 1. The number of hydrogen-bond donors (Lipinski definition) is 0. The molecule has 1 aromatic rings. The van der Waals surface area contributed by atoms with Gasteiger partial charge in [0.25, 0.3) is 0 Å². The minimum absolute atomic E-state index is 0.0380. The minimum atomic E-state index is -0.318. The van der Waals surface area contributed by atoms with Crippen molar-refractivity contribution in [3.05, 3.63) is 65.0 Å². The Balaban J connectivity index is 2.59. The second-order valence-electron chi connectivity index (χ2n) is 4.06. The first-order valence-electron chi connectivity index (χ1n) is 5.87. The van der Waals surface area contributed by atoms with E-state index in [4.69, 9.17) is 10.5 Å². The van der Waals surface area contributed by atoms with Gasteiger partial charge in [0.1, 0.15) is 23.5 Å². The number of halogens is 1. The predicted octanol–water partition coefficient (Wildman–Crippen LogP) is 3.19. The summed E-state index contributed by atoms with van der Waals surface area (Å²) >= 11 is 0. The fraction of sp³-hybridized carbons (Fsp3) is 0.0625. The lowest BCUT2D eigenvalue weighted by Gasteiger charge is -2.13. The maximum Gasteiger partial charge on any atom is 0.136 e. The van der Waals surface area contributed by atoms with Crippen molar-refractivity contribution in [3.8, 4) is 12.1 Å². The third kappa shape index (κ3) is 2.55. The van der Waals surface area contributed by atoms with Crippen molar-refractivity contribution in [2.45, 2.75) is 0 Å². The van der Waals surface area contributed by atoms with Gasteiger partial charge in [-0.15, -0.1) is 0 Å². The van der Waals surface area contributed by atoms with Crippen molar-refractivity contribution >= 4 is 11.3 Å². The summed E-state index contributed by atoms with van der Waals surface area (Å²) < 4.78 is 13.0. The molecule has 1 aliphatic rings. The molecule has 0 aliphatic heterocycles. The van der Waals surface area contributed by atoms with Gasteiger partial charge in [-0.1, -0.05) is 18.2 Å². The lowest BCUT2D eigenvalue weighted by atomic mass is 9.92. The Bertz CT molecular complexity index is 719. The SMILES string of the molecule is C/N=C1/C=CC(=C(C#N)C#N)C=C1c1ccc(F)cc1. The van der Waals surface area contributed by atoms with Crippen LogP contribution in [0.5, 0.6) is 0 Å². The van der Waals surface area contributed by atoms with E-state index in [1.807, 2.05) is 12.1 Å². The van der Waals surface area contributed by atoms with Crippen LogP contribution in [0.2, 0.25) is 0 Å². The molecule has 0 aromatic heterocycles. The second-order valence-corrected chi connectivity index (χ2v) is 4.06. The van der Waals surface area contributed by atoms with Gasteiger partial charge in [-0.05, 0) is 29.8 Å². The summed E-state index contributed by atoms with van der Waals surface area (Å²) in [6.45, 7) is 0. The summed E-state index contributed by atoms with van der Waals surface area (Å²) in [4.78, 5) is 4.15. The van der Waals surface area contributed by atoms with Gasteiger partial charge in [0.15, 0.2) is 0 Å². The van der Waals surface area contributed by atoms with Gasteiger partial charge in [-0.3, -0.25) is 4.99 Å². The average molecular weight is 263 g/mol. The topological polar surface area (TPSA) is 59.9 Å². The van der Waals surface area contributed by atoms with Crippen LogP contribution in [-0.2, 0) is 0 Å². The highest BCUT2D eigenvalue weighted by Gasteiger charge is 2.14. The highest BCUT2D eigenvalue weighted by atomic mass is 19.1. The van der Waals surface area contributed by atoms with Gasteiger partial charge < -0.3 is 0 Å². The van der Waals surface area contributed by atoms with Gasteiger partial charge in [-0.25, -0.2) is 4.39 Å². The maximum absolute atomic E-state index is 13.0. The quantitative estimate of drug-likeness (QED) is 0.730. The molecule has 1 aliphatic carbocycles. The van der Waals surface area contributed by atoms with E-state index in [9.17, 15) is 4.39 Å². The molecule has 0 heterocycles. The van der Waals surface area contributed by atoms with Crippen molar-refractivity contribution in [3.63, 3.8) is 0 Å². The number of nitrogens with zero attached hydrogens (tertiary/aromatic N) is 3. The van der Waals surface area contributed by atoms with E-state index >= 15 is 0 Å². The summed E-state index contributed by atoms with van der Waals surface area (Å²) in [5, 5.41) is 17.8. The molecule has 0 atom stereocenters. The number of nitriles is 2. The lowest BCUT2D eigenvalue weighted by molar-refractivity contribution is 0.627. The van der Waals surface area contributed by atoms with E-state index in [2.05, 4.69) is 4.99 Å². The first-order chi connectivity index (χ1) is 9.69. The zero-order valence-electron chi connectivity index (χ0n) is 10.8. The predicted molar refractivity (Wildman–Crippen MR) is 75.1 cm³/mol. The summed E-state index contributed by atoms with van der Waals surface area (Å²) in [5.74, 6) is -0.318. The summed E-state index contributed by atoms with van der Waals surface area (Å²) in [6.07, 6.45) is 5.14. The molecule has 0 amide bonds. The molecule has 96 valence electrons. The Kier molecular flexibility index (Phi) is 3.88. The Morgan fingerprint density at radius 2 is 1.75 bits per heavy atom. The molecule has 0 radical (unpaired) electrons. The molecule has 0 N–H and O–H groups in total. The van der Waals surface area contributed by atoms with Crippen LogP contribution in [0.1, 0.15) is 5.56 Å². The van der Waals surface area contributed by atoms with Crippen molar-refractivity contribution in [1.82, 2.24) is 0 Å². The van der Waals surface area contributed by atoms with Crippen molar-refractivity contribution in [1.29, 1.82) is 10.5 Å². The van der Waals surface area contributed by atoms with Crippen molar-refractivity contribution in [2.24, 2.45) is 4.99 Å². The molecular weight excluding hydrogens is 253 g/mol. The van der Waals surface area contributed by atoms with Gasteiger partial charge >= 0.3 is 0 Å². The fourth-order valence-electron chi connectivity index (χ4n) is 1.90. The number of benzene rings is 1. The maximum atomic E-state index is 13.0. The molecule has 0 spiro atoms. The van der Waals surface area contributed by atoms with Gasteiger partial charge in [0.05, 0.1) is 5.71 Å². The molecule has 1 aromatic carbocycles. The monoisotopic (exact) mass is 263 g/mol. The molecule has 0 saturated carbocycles. The fourth-order valence-corrected chi connectivity index (χ4v) is 1.90. The molecule has 0 saturated heterocycles. The number of allylic oxidation sites excluding steroid dienone is 6. The molecule has 3 nitrogen and oxygen atoms in total. The lowest BCUT2D eigenvalue weighted by Crippen LogP contribution is -2.04. The molecular formula is C16H10FN3. The number of hydrogen-bond acceptors (Lipinski definition) is 3. The van der Waals surface area contributed by atoms with E-state index < -0.39 is 0 Å². The van der Waals surface area contributed by atoms with Crippen molar-refractivity contribution in [2.75, 3.05) is 7.05 Å². The van der Waals surface area contributed by atoms with Crippen LogP contribution in [0.3, 0.4) is 0 Å². The zero-order chi connectivity index (χ0) is 14.5. The normalized spacial score (nSPS) is 15.5.